The lowest BCUT2D eigenvalue weighted by Gasteiger charge is -2.07. The SMILES string of the molecule is CC[C@@H](C)Cc1ccc(C(=O)Cl)cc1. The fourth-order valence-corrected chi connectivity index (χ4v) is 1.44. The lowest BCUT2D eigenvalue weighted by atomic mass is 9.98. The number of carbonyl (C=O) groups excluding carboxylic acids is 1. The summed E-state index contributed by atoms with van der Waals surface area (Å²) in [5, 5.41) is -0.389. The summed E-state index contributed by atoms with van der Waals surface area (Å²) in [6, 6.07) is 7.52. The van der Waals surface area contributed by atoms with Crippen LogP contribution in [-0.2, 0) is 6.42 Å². The van der Waals surface area contributed by atoms with Crippen LogP contribution in [0, 0.1) is 5.92 Å². The first-order chi connectivity index (χ1) is 6.63. The van der Waals surface area contributed by atoms with Crippen molar-refractivity contribution in [3.63, 3.8) is 0 Å². The lowest BCUT2D eigenvalue weighted by molar-refractivity contribution is 0.108. The zero-order valence-corrected chi connectivity index (χ0v) is 9.34. The number of benzene rings is 1. The highest BCUT2D eigenvalue weighted by atomic mass is 35.5. The average molecular weight is 211 g/mol. The molecule has 0 bridgehead atoms. The molecular formula is C12H15ClO. The fraction of sp³-hybridized carbons (Fsp3) is 0.417. The summed E-state index contributed by atoms with van der Waals surface area (Å²) in [4.78, 5) is 10.8. The van der Waals surface area contributed by atoms with E-state index in [1.165, 1.54) is 12.0 Å². The minimum absolute atomic E-state index is 0.389. The van der Waals surface area contributed by atoms with E-state index in [0.29, 0.717) is 11.5 Å². The zero-order valence-electron chi connectivity index (χ0n) is 8.59. The summed E-state index contributed by atoms with van der Waals surface area (Å²) in [7, 11) is 0. The third-order valence-electron chi connectivity index (χ3n) is 2.46. The normalized spacial score (nSPS) is 12.5. The maximum atomic E-state index is 10.8. The largest absolute Gasteiger partial charge is 0.276 e. The van der Waals surface area contributed by atoms with Gasteiger partial charge in [0.05, 0.1) is 0 Å². The van der Waals surface area contributed by atoms with E-state index < -0.39 is 0 Å². The second kappa shape index (κ2) is 5.16. The van der Waals surface area contributed by atoms with Crippen molar-refractivity contribution in [3.8, 4) is 0 Å². The Morgan fingerprint density at radius 2 is 1.93 bits per heavy atom. The number of hydrogen-bond donors (Lipinski definition) is 0. The van der Waals surface area contributed by atoms with Crippen LogP contribution in [0.25, 0.3) is 0 Å². The molecule has 1 nitrogen and oxygen atoms in total. The Hall–Kier alpha value is -0.820. The van der Waals surface area contributed by atoms with E-state index >= 15 is 0 Å². The molecule has 0 aliphatic heterocycles. The Morgan fingerprint density at radius 1 is 1.36 bits per heavy atom. The molecule has 0 spiro atoms. The maximum absolute atomic E-state index is 10.8. The molecule has 0 aromatic heterocycles. The van der Waals surface area contributed by atoms with Gasteiger partial charge in [-0.15, -0.1) is 0 Å². The predicted octanol–water partition coefficient (Wildman–Crippen LogP) is 3.65. The predicted molar refractivity (Wildman–Crippen MR) is 59.8 cm³/mol. The summed E-state index contributed by atoms with van der Waals surface area (Å²) in [6.07, 6.45) is 2.24. The summed E-state index contributed by atoms with van der Waals surface area (Å²) >= 11 is 5.35. The third-order valence-corrected chi connectivity index (χ3v) is 2.68. The van der Waals surface area contributed by atoms with Crippen LogP contribution < -0.4 is 0 Å². The minimum atomic E-state index is -0.389. The van der Waals surface area contributed by atoms with E-state index in [-0.39, 0.29) is 5.24 Å². The van der Waals surface area contributed by atoms with Crippen molar-refractivity contribution in [2.24, 2.45) is 5.92 Å². The first-order valence-corrected chi connectivity index (χ1v) is 5.30. The molecule has 14 heavy (non-hydrogen) atoms. The van der Waals surface area contributed by atoms with Gasteiger partial charge in [-0.25, -0.2) is 0 Å². The molecular weight excluding hydrogens is 196 g/mol. The van der Waals surface area contributed by atoms with Crippen LogP contribution in [0.2, 0.25) is 0 Å². The number of hydrogen-bond acceptors (Lipinski definition) is 1. The molecule has 0 saturated heterocycles. The van der Waals surface area contributed by atoms with Crippen LogP contribution >= 0.6 is 11.6 Å². The summed E-state index contributed by atoms with van der Waals surface area (Å²) in [5.41, 5.74) is 1.83. The van der Waals surface area contributed by atoms with Gasteiger partial charge in [0.2, 0.25) is 0 Å². The molecule has 1 aromatic carbocycles. The highest BCUT2D eigenvalue weighted by molar-refractivity contribution is 6.67. The van der Waals surface area contributed by atoms with Crippen LogP contribution in [0.1, 0.15) is 36.2 Å². The Morgan fingerprint density at radius 3 is 2.36 bits per heavy atom. The molecule has 2 heteroatoms. The van der Waals surface area contributed by atoms with Gasteiger partial charge in [-0.1, -0.05) is 32.4 Å². The van der Waals surface area contributed by atoms with Crippen molar-refractivity contribution in [1.82, 2.24) is 0 Å². The summed E-state index contributed by atoms with van der Waals surface area (Å²) < 4.78 is 0. The molecule has 0 aliphatic carbocycles. The first kappa shape index (κ1) is 11.3. The Labute approximate surface area is 90.1 Å². The Balaban J connectivity index is 2.68. The monoisotopic (exact) mass is 210 g/mol. The van der Waals surface area contributed by atoms with Crippen LogP contribution in [-0.4, -0.2) is 5.24 Å². The van der Waals surface area contributed by atoms with Crippen LogP contribution in [0.15, 0.2) is 24.3 Å². The van der Waals surface area contributed by atoms with Gasteiger partial charge in [-0.05, 0) is 41.6 Å². The van der Waals surface area contributed by atoms with Gasteiger partial charge in [0.1, 0.15) is 0 Å². The van der Waals surface area contributed by atoms with Crippen molar-refractivity contribution in [1.29, 1.82) is 0 Å². The quantitative estimate of drug-likeness (QED) is 0.694. The lowest BCUT2D eigenvalue weighted by Crippen LogP contribution is -1.98. The molecule has 0 heterocycles. The van der Waals surface area contributed by atoms with E-state index in [4.69, 9.17) is 11.6 Å². The van der Waals surface area contributed by atoms with Gasteiger partial charge in [-0.3, -0.25) is 4.79 Å². The molecule has 0 aliphatic rings. The van der Waals surface area contributed by atoms with Gasteiger partial charge in [0, 0.05) is 5.56 Å². The van der Waals surface area contributed by atoms with Crippen molar-refractivity contribution >= 4 is 16.8 Å². The van der Waals surface area contributed by atoms with Crippen molar-refractivity contribution < 1.29 is 4.79 Å². The number of carbonyl (C=O) groups is 1. The standard InChI is InChI=1S/C12H15ClO/c1-3-9(2)8-10-4-6-11(7-5-10)12(13)14/h4-7,9H,3,8H2,1-2H3/t9-/m1/s1. The van der Waals surface area contributed by atoms with Crippen LogP contribution in [0.3, 0.4) is 0 Å². The molecule has 0 fully saturated rings. The van der Waals surface area contributed by atoms with Gasteiger partial charge < -0.3 is 0 Å². The van der Waals surface area contributed by atoms with Gasteiger partial charge in [-0.2, -0.15) is 0 Å². The van der Waals surface area contributed by atoms with E-state index in [2.05, 4.69) is 13.8 Å². The van der Waals surface area contributed by atoms with E-state index in [9.17, 15) is 4.79 Å². The van der Waals surface area contributed by atoms with E-state index in [0.717, 1.165) is 6.42 Å². The van der Waals surface area contributed by atoms with E-state index in [1.807, 2.05) is 12.1 Å². The van der Waals surface area contributed by atoms with Crippen LogP contribution in [0.5, 0.6) is 0 Å². The van der Waals surface area contributed by atoms with Crippen molar-refractivity contribution in [2.75, 3.05) is 0 Å². The van der Waals surface area contributed by atoms with Gasteiger partial charge in [0.25, 0.3) is 5.24 Å². The zero-order chi connectivity index (χ0) is 10.6. The minimum Gasteiger partial charge on any atom is -0.276 e. The molecule has 0 saturated carbocycles. The Bertz CT molecular complexity index is 303. The summed E-state index contributed by atoms with van der Waals surface area (Å²) in [6.45, 7) is 4.40. The second-order valence-electron chi connectivity index (χ2n) is 3.69. The summed E-state index contributed by atoms with van der Waals surface area (Å²) in [5.74, 6) is 0.688. The molecule has 1 atom stereocenters. The number of halogens is 1. The highest BCUT2D eigenvalue weighted by Gasteiger charge is 2.03. The fourth-order valence-electron chi connectivity index (χ4n) is 1.32. The van der Waals surface area contributed by atoms with Crippen LogP contribution in [0.4, 0.5) is 0 Å². The highest BCUT2D eigenvalue weighted by Crippen LogP contribution is 2.13. The van der Waals surface area contributed by atoms with Crippen molar-refractivity contribution in [2.45, 2.75) is 26.7 Å². The molecule has 0 unspecified atom stereocenters. The topological polar surface area (TPSA) is 17.1 Å². The number of rotatable bonds is 4. The van der Waals surface area contributed by atoms with Crippen molar-refractivity contribution in [3.05, 3.63) is 35.4 Å². The van der Waals surface area contributed by atoms with E-state index in [1.54, 1.807) is 12.1 Å². The molecule has 1 aromatic rings. The maximum Gasteiger partial charge on any atom is 0.252 e. The van der Waals surface area contributed by atoms with Gasteiger partial charge >= 0.3 is 0 Å². The molecule has 0 amide bonds. The average Bonchev–Trinajstić information content (AvgIpc) is 2.18. The second-order valence-corrected chi connectivity index (χ2v) is 4.03. The molecule has 0 radical (unpaired) electrons. The molecule has 0 N–H and O–H groups in total. The smallest absolute Gasteiger partial charge is 0.252 e. The first-order valence-electron chi connectivity index (χ1n) is 4.92. The van der Waals surface area contributed by atoms with Gasteiger partial charge in [0.15, 0.2) is 0 Å². The Kier molecular flexibility index (Phi) is 4.15. The molecule has 1 rings (SSSR count). The molecule has 76 valence electrons. The third kappa shape index (κ3) is 3.15.